The number of carbonyl (C=O) groups is 2. The van der Waals surface area contributed by atoms with Gasteiger partial charge in [-0.2, -0.15) is 0 Å². The zero-order chi connectivity index (χ0) is 17.4. The molecule has 0 bridgehead atoms. The van der Waals surface area contributed by atoms with Gasteiger partial charge in [0.1, 0.15) is 12.1 Å². The lowest BCUT2D eigenvalue weighted by Gasteiger charge is -2.29. The van der Waals surface area contributed by atoms with Crippen molar-refractivity contribution in [3.63, 3.8) is 0 Å². The second kappa shape index (κ2) is 6.51. The lowest BCUT2D eigenvalue weighted by Crippen LogP contribution is -2.46. The van der Waals surface area contributed by atoms with Gasteiger partial charge in [-0.05, 0) is 18.8 Å². The van der Waals surface area contributed by atoms with Crippen molar-refractivity contribution in [3.05, 3.63) is 11.9 Å². The molecule has 0 spiro atoms. The van der Waals surface area contributed by atoms with Crippen LogP contribution in [0.2, 0.25) is 0 Å². The molecule has 8 nitrogen and oxygen atoms in total. The predicted octanol–water partition coefficient (Wildman–Crippen LogP) is 0.487. The lowest BCUT2D eigenvalue weighted by atomic mass is 10.0. The van der Waals surface area contributed by atoms with Gasteiger partial charge in [-0.25, -0.2) is 9.48 Å². The SMILES string of the molecule is COC(=O)C1CC(O)CN1C(=O)C(C(C)C)n1cc(C2CC2)nn1. The van der Waals surface area contributed by atoms with Crippen molar-refractivity contribution in [1.82, 2.24) is 19.9 Å². The fourth-order valence-electron chi connectivity index (χ4n) is 3.28. The molecule has 132 valence electrons. The van der Waals surface area contributed by atoms with E-state index < -0.39 is 24.2 Å². The molecular formula is C16H24N4O4. The number of aliphatic hydroxyl groups is 1. The molecule has 2 aliphatic rings. The number of β-amino-alcohol motifs (C(OH)–C–C–N with tert-alkyl or cyclic N) is 1. The van der Waals surface area contributed by atoms with E-state index in [0.717, 1.165) is 18.5 Å². The molecule has 1 aliphatic carbocycles. The van der Waals surface area contributed by atoms with Crippen molar-refractivity contribution in [2.45, 2.75) is 57.2 Å². The number of methoxy groups -OCH3 is 1. The van der Waals surface area contributed by atoms with Crippen LogP contribution in [0, 0.1) is 5.92 Å². The molecule has 8 heteroatoms. The molecule has 3 atom stereocenters. The Morgan fingerprint density at radius 3 is 2.67 bits per heavy atom. The zero-order valence-corrected chi connectivity index (χ0v) is 14.3. The fraction of sp³-hybridized carbons (Fsp3) is 0.750. The van der Waals surface area contributed by atoms with Gasteiger partial charge in [-0.15, -0.1) is 5.10 Å². The van der Waals surface area contributed by atoms with Gasteiger partial charge in [-0.3, -0.25) is 4.79 Å². The third-order valence-corrected chi connectivity index (χ3v) is 4.73. The smallest absolute Gasteiger partial charge is 0.328 e. The van der Waals surface area contributed by atoms with Crippen LogP contribution in [0.5, 0.6) is 0 Å². The number of carbonyl (C=O) groups excluding carboxylic acids is 2. The molecule has 0 radical (unpaired) electrons. The molecule has 1 N–H and O–H groups in total. The van der Waals surface area contributed by atoms with Gasteiger partial charge in [0.15, 0.2) is 0 Å². The lowest BCUT2D eigenvalue weighted by molar-refractivity contribution is -0.152. The van der Waals surface area contributed by atoms with Crippen LogP contribution < -0.4 is 0 Å². The summed E-state index contributed by atoms with van der Waals surface area (Å²) in [7, 11) is 1.29. The first-order valence-electron chi connectivity index (χ1n) is 8.40. The van der Waals surface area contributed by atoms with Crippen LogP contribution in [-0.4, -0.2) is 62.7 Å². The highest BCUT2D eigenvalue weighted by Crippen LogP contribution is 2.39. The Morgan fingerprint density at radius 2 is 2.08 bits per heavy atom. The monoisotopic (exact) mass is 336 g/mol. The molecule has 1 saturated carbocycles. The summed E-state index contributed by atoms with van der Waals surface area (Å²) >= 11 is 0. The van der Waals surface area contributed by atoms with E-state index in [2.05, 4.69) is 10.3 Å². The molecule has 1 saturated heterocycles. The Labute approximate surface area is 140 Å². The number of rotatable bonds is 5. The molecule has 2 fully saturated rings. The van der Waals surface area contributed by atoms with Crippen LogP contribution in [0.3, 0.4) is 0 Å². The summed E-state index contributed by atoms with van der Waals surface area (Å²) in [4.78, 5) is 26.4. The highest BCUT2D eigenvalue weighted by molar-refractivity contribution is 5.87. The van der Waals surface area contributed by atoms with Crippen molar-refractivity contribution in [2.75, 3.05) is 13.7 Å². The number of aliphatic hydroxyl groups excluding tert-OH is 1. The highest BCUT2D eigenvalue weighted by Gasteiger charge is 2.43. The molecule has 2 heterocycles. The van der Waals surface area contributed by atoms with Crippen molar-refractivity contribution < 1.29 is 19.4 Å². The number of aromatic nitrogens is 3. The van der Waals surface area contributed by atoms with Crippen LogP contribution in [0.25, 0.3) is 0 Å². The van der Waals surface area contributed by atoms with Gasteiger partial charge < -0.3 is 14.7 Å². The average molecular weight is 336 g/mol. The summed E-state index contributed by atoms with van der Waals surface area (Å²) in [6.07, 6.45) is 3.54. The van der Waals surface area contributed by atoms with E-state index in [1.54, 1.807) is 4.68 Å². The molecule has 3 rings (SSSR count). The van der Waals surface area contributed by atoms with Crippen LogP contribution in [0.15, 0.2) is 6.20 Å². The summed E-state index contributed by atoms with van der Waals surface area (Å²) in [5, 5.41) is 18.2. The Bertz CT molecular complexity index is 625. The third kappa shape index (κ3) is 3.15. The Hall–Kier alpha value is -1.96. The minimum atomic E-state index is -0.745. The van der Waals surface area contributed by atoms with Gasteiger partial charge >= 0.3 is 5.97 Å². The standard InChI is InChI=1S/C16H24N4O4/c1-9(2)14(20-8-12(17-18-20)10-4-5-10)15(22)19-7-11(21)6-13(19)16(23)24-3/h8-11,13-14,21H,4-7H2,1-3H3. The molecule has 1 aliphatic heterocycles. The second-order valence-electron chi connectivity index (χ2n) is 7.01. The number of amides is 1. The van der Waals surface area contributed by atoms with Crippen molar-refractivity contribution in [3.8, 4) is 0 Å². The van der Waals surface area contributed by atoms with Gasteiger partial charge in [-0.1, -0.05) is 19.1 Å². The number of esters is 1. The Balaban J connectivity index is 1.84. The topological polar surface area (TPSA) is 97.6 Å². The normalized spacial score (nSPS) is 25.1. The summed E-state index contributed by atoms with van der Waals surface area (Å²) < 4.78 is 6.37. The maximum atomic E-state index is 13.1. The van der Waals surface area contributed by atoms with E-state index in [1.165, 1.54) is 12.0 Å². The van der Waals surface area contributed by atoms with E-state index in [1.807, 2.05) is 20.0 Å². The molecule has 1 amide bonds. The minimum Gasteiger partial charge on any atom is -0.467 e. The average Bonchev–Trinajstić information content (AvgIpc) is 3.15. The first kappa shape index (κ1) is 16.9. The zero-order valence-electron chi connectivity index (χ0n) is 14.3. The van der Waals surface area contributed by atoms with E-state index in [0.29, 0.717) is 5.92 Å². The van der Waals surface area contributed by atoms with E-state index in [-0.39, 0.29) is 24.8 Å². The molecule has 1 aromatic rings. The van der Waals surface area contributed by atoms with Gasteiger partial charge in [0.2, 0.25) is 5.91 Å². The third-order valence-electron chi connectivity index (χ3n) is 4.73. The minimum absolute atomic E-state index is 0.0257. The van der Waals surface area contributed by atoms with Crippen LogP contribution >= 0.6 is 0 Å². The number of hydrogen-bond donors (Lipinski definition) is 1. The predicted molar refractivity (Wildman–Crippen MR) is 84.0 cm³/mol. The summed E-state index contributed by atoms with van der Waals surface area (Å²) in [6.45, 7) is 3.99. The second-order valence-corrected chi connectivity index (χ2v) is 7.01. The quantitative estimate of drug-likeness (QED) is 0.786. The summed E-state index contributed by atoms with van der Waals surface area (Å²) in [6, 6.07) is -1.30. The molecule has 3 unspecified atom stereocenters. The Morgan fingerprint density at radius 1 is 1.38 bits per heavy atom. The maximum absolute atomic E-state index is 13.1. The first-order valence-corrected chi connectivity index (χ1v) is 8.40. The van der Waals surface area contributed by atoms with Crippen molar-refractivity contribution in [1.29, 1.82) is 0 Å². The summed E-state index contributed by atoms with van der Waals surface area (Å²) in [5.74, 6) is -0.302. The number of likely N-dealkylation sites (tertiary alicyclic amines) is 1. The van der Waals surface area contributed by atoms with Gasteiger partial charge in [0.05, 0.1) is 18.9 Å². The Kier molecular flexibility index (Phi) is 4.58. The van der Waals surface area contributed by atoms with Crippen molar-refractivity contribution >= 4 is 11.9 Å². The first-order chi connectivity index (χ1) is 11.4. The number of hydrogen-bond acceptors (Lipinski definition) is 6. The van der Waals surface area contributed by atoms with E-state index in [4.69, 9.17) is 4.74 Å². The van der Waals surface area contributed by atoms with Gasteiger partial charge in [0.25, 0.3) is 0 Å². The maximum Gasteiger partial charge on any atom is 0.328 e. The molecule has 24 heavy (non-hydrogen) atoms. The van der Waals surface area contributed by atoms with E-state index >= 15 is 0 Å². The largest absolute Gasteiger partial charge is 0.467 e. The molecular weight excluding hydrogens is 312 g/mol. The van der Waals surface area contributed by atoms with Crippen molar-refractivity contribution in [2.24, 2.45) is 5.92 Å². The van der Waals surface area contributed by atoms with Crippen LogP contribution in [-0.2, 0) is 14.3 Å². The number of nitrogens with zero attached hydrogens (tertiary/aromatic N) is 4. The highest BCUT2D eigenvalue weighted by atomic mass is 16.5. The van der Waals surface area contributed by atoms with Crippen LogP contribution in [0.1, 0.15) is 50.8 Å². The fourth-order valence-corrected chi connectivity index (χ4v) is 3.28. The number of ether oxygens (including phenoxy) is 1. The van der Waals surface area contributed by atoms with E-state index in [9.17, 15) is 14.7 Å². The summed E-state index contributed by atoms with van der Waals surface area (Å²) in [5.41, 5.74) is 0.916. The molecule has 1 aromatic heterocycles. The van der Waals surface area contributed by atoms with Crippen LogP contribution in [0.4, 0.5) is 0 Å². The molecule has 0 aromatic carbocycles. The van der Waals surface area contributed by atoms with Gasteiger partial charge in [0, 0.05) is 25.1 Å².